The van der Waals surface area contributed by atoms with Gasteiger partial charge in [-0.25, -0.2) is 9.37 Å². The smallest absolute Gasteiger partial charge is 0.254 e. The van der Waals surface area contributed by atoms with Gasteiger partial charge in [0.1, 0.15) is 5.82 Å². The number of fused-ring (bicyclic) bond motifs is 1. The average molecular weight is 454 g/mol. The van der Waals surface area contributed by atoms with Crippen LogP contribution in [0.4, 0.5) is 4.39 Å². The number of hydrogen-bond acceptors (Lipinski definition) is 4. The minimum absolute atomic E-state index is 0.0151. The van der Waals surface area contributed by atoms with Gasteiger partial charge < -0.3 is 9.80 Å². The van der Waals surface area contributed by atoms with Crippen LogP contribution in [0.5, 0.6) is 0 Å². The molecule has 2 amide bonds. The van der Waals surface area contributed by atoms with E-state index in [4.69, 9.17) is 0 Å². The van der Waals surface area contributed by atoms with Gasteiger partial charge in [0.25, 0.3) is 5.91 Å². The monoisotopic (exact) mass is 453 g/mol. The average Bonchev–Trinajstić information content (AvgIpc) is 3.75. The molecule has 2 aliphatic carbocycles. The van der Waals surface area contributed by atoms with Crippen LogP contribution in [0.3, 0.4) is 0 Å². The SMILES string of the molecule is O=C(c1ccc(F)cc1C1CC1)N1CCC(C(=O)N2CCc3scnc3C2C2CC2)CC1. The van der Waals surface area contributed by atoms with Crippen LogP contribution in [0.15, 0.2) is 23.7 Å². The first-order valence-electron chi connectivity index (χ1n) is 11.9. The van der Waals surface area contributed by atoms with Gasteiger partial charge >= 0.3 is 0 Å². The fourth-order valence-corrected chi connectivity index (χ4v) is 6.34. The molecule has 0 N–H and O–H groups in total. The van der Waals surface area contributed by atoms with Gasteiger partial charge in [-0.3, -0.25) is 9.59 Å². The normalized spacial score (nSPS) is 23.8. The minimum Gasteiger partial charge on any atom is -0.339 e. The Morgan fingerprint density at radius 1 is 1.03 bits per heavy atom. The largest absolute Gasteiger partial charge is 0.339 e. The Labute approximate surface area is 191 Å². The van der Waals surface area contributed by atoms with E-state index < -0.39 is 0 Å². The van der Waals surface area contributed by atoms with Crippen LogP contribution in [-0.2, 0) is 11.2 Å². The molecule has 0 spiro atoms. The topological polar surface area (TPSA) is 53.5 Å². The van der Waals surface area contributed by atoms with Gasteiger partial charge in [0, 0.05) is 42.4 Å². The highest BCUT2D eigenvalue weighted by Gasteiger charge is 2.44. The highest BCUT2D eigenvalue weighted by atomic mass is 32.1. The summed E-state index contributed by atoms with van der Waals surface area (Å²) in [6.45, 7) is 1.95. The van der Waals surface area contributed by atoms with Crippen LogP contribution in [0.1, 0.15) is 77.0 Å². The van der Waals surface area contributed by atoms with Crippen molar-refractivity contribution in [3.05, 3.63) is 51.2 Å². The highest BCUT2D eigenvalue weighted by molar-refractivity contribution is 7.09. The van der Waals surface area contributed by atoms with E-state index in [1.54, 1.807) is 17.4 Å². The predicted molar refractivity (Wildman–Crippen MR) is 120 cm³/mol. The molecule has 4 aliphatic rings. The molecule has 168 valence electrons. The minimum atomic E-state index is -0.275. The quantitative estimate of drug-likeness (QED) is 0.683. The zero-order chi connectivity index (χ0) is 21.8. The predicted octanol–water partition coefficient (Wildman–Crippen LogP) is 4.55. The maximum Gasteiger partial charge on any atom is 0.254 e. The molecule has 7 heteroatoms. The Balaban J connectivity index is 1.13. The summed E-state index contributed by atoms with van der Waals surface area (Å²) < 4.78 is 13.8. The van der Waals surface area contributed by atoms with Gasteiger partial charge in [-0.2, -0.15) is 0 Å². The Morgan fingerprint density at radius 2 is 1.81 bits per heavy atom. The van der Waals surface area contributed by atoms with Gasteiger partial charge in [-0.05, 0) is 74.1 Å². The second-order valence-electron chi connectivity index (χ2n) is 9.80. The molecule has 0 radical (unpaired) electrons. The lowest BCUT2D eigenvalue weighted by molar-refractivity contribution is -0.140. The summed E-state index contributed by atoms with van der Waals surface area (Å²) in [6, 6.07) is 4.71. The van der Waals surface area contributed by atoms with Gasteiger partial charge in [0.15, 0.2) is 0 Å². The van der Waals surface area contributed by atoms with Gasteiger partial charge in [0.05, 0.1) is 17.2 Å². The molecule has 6 rings (SSSR count). The number of hydrogen-bond donors (Lipinski definition) is 0. The number of benzene rings is 1. The van der Waals surface area contributed by atoms with E-state index in [2.05, 4.69) is 9.88 Å². The molecular weight excluding hydrogens is 425 g/mol. The number of likely N-dealkylation sites (tertiary alicyclic amines) is 1. The number of piperidine rings is 1. The molecule has 3 fully saturated rings. The molecule has 32 heavy (non-hydrogen) atoms. The van der Waals surface area contributed by atoms with E-state index in [9.17, 15) is 14.0 Å². The van der Waals surface area contributed by atoms with E-state index >= 15 is 0 Å². The number of rotatable bonds is 4. The Morgan fingerprint density at radius 3 is 2.53 bits per heavy atom. The molecule has 3 heterocycles. The third kappa shape index (κ3) is 3.64. The first kappa shape index (κ1) is 20.3. The Hall–Kier alpha value is -2.28. The molecule has 5 nitrogen and oxygen atoms in total. The number of amides is 2. The van der Waals surface area contributed by atoms with Crippen molar-refractivity contribution in [1.82, 2.24) is 14.8 Å². The van der Waals surface area contributed by atoms with Crippen LogP contribution in [0.25, 0.3) is 0 Å². The van der Waals surface area contributed by atoms with Crippen LogP contribution in [0.2, 0.25) is 0 Å². The Kier molecular flexibility index (Phi) is 5.05. The first-order valence-corrected chi connectivity index (χ1v) is 12.8. The van der Waals surface area contributed by atoms with E-state index in [0.29, 0.717) is 43.3 Å². The second-order valence-corrected chi connectivity index (χ2v) is 10.7. The molecular formula is C25H28FN3O2S. The lowest BCUT2D eigenvalue weighted by Crippen LogP contribution is -2.47. The lowest BCUT2D eigenvalue weighted by atomic mass is 9.91. The van der Waals surface area contributed by atoms with Crippen molar-refractivity contribution >= 4 is 23.2 Å². The van der Waals surface area contributed by atoms with Gasteiger partial charge in [-0.15, -0.1) is 11.3 Å². The van der Waals surface area contributed by atoms with Crippen molar-refractivity contribution in [2.45, 2.75) is 56.9 Å². The molecule has 1 saturated heterocycles. The molecule has 1 aromatic heterocycles. The molecule has 2 saturated carbocycles. The summed E-state index contributed by atoms with van der Waals surface area (Å²) in [5.41, 5.74) is 4.55. The van der Waals surface area contributed by atoms with E-state index in [1.807, 2.05) is 10.4 Å². The lowest BCUT2D eigenvalue weighted by Gasteiger charge is -2.39. The van der Waals surface area contributed by atoms with Crippen molar-refractivity contribution in [2.75, 3.05) is 19.6 Å². The summed E-state index contributed by atoms with van der Waals surface area (Å²) in [5, 5.41) is 0. The molecule has 1 aromatic carbocycles. The number of aromatic nitrogens is 1. The van der Waals surface area contributed by atoms with Crippen molar-refractivity contribution in [3.63, 3.8) is 0 Å². The number of thiazole rings is 1. The van der Waals surface area contributed by atoms with Crippen LogP contribution >= 0.6 is 11.3 Å². The summed E-state index contributed by atoms with van der Waals surface area (Å²) >= 11 is 1.72. The maximum absolute atomic E-state index is 13.8. The number of carbonyl (C=O) groups excluding carboxylic acids is 2. The summed E-state index contributed by atoms with van der Waals surface area (Å²) in [7, 11) is 0. The molecule has 0 bridgehead atoms. The number of carbonyl (C=O) groups is 2. The number of nitrogens with zero attached hydrogens (tertiary/aromatic N) is 3. The molecule has 1 unspecified atom stereocenters. The van der Waals surface area contributed by atoms with Crippen LogP contribution < -0.4 is 0 Å². The Bertz CT molecular complexity index is 1050. The zero-order valence-corrected chi connectivity index (χ0v) is 19.0. The van der Waals surface area contributed by atoms with Crippen molar-refractivity contribution in [2.24, 2.45) is 11.8 Å². The van der Waals surface area contributed by atoms with Crippen LogP contribution in [0, 0.1) is 17.7 Å². The number of halogens is 1. The van der Waals surface area contributed by atoms with Crippen LogP contribution in [-0.4, -0.2) is 46.2 Å². The van der Waals surface area contributed by atoms with Crippen molar-refractivity contribution < 1.29 is 14.0 Å². The standard InChI is InChI=1S/C25H28FN3O2S/c26-18-5-6-19(20(13-18)15-1-2-15)25(31)28-10-7-17(8-11-28)24(30)29-12-9-21-22(27-14-32-21)23(29)16-3-4-16/h5-6,13-17,23H,1-4,7-12H2. The second kappa shape index (κ2) is 7.94. The highest BCUT2D eigenvalue weighted by Crippen LogP contribution is 2.48. The van der Waals surface area contributed by atoms with E-state index in [0.717, 1.165) is 37.1 Å². The maximum atomic E-state index is 13.8. The summed E-state index contributed by atoms with van der Waals surface area (Å²) in [6.07, 6.45) is 6.71. The fraction of sp³-hybridized carbons (Fsp3) is 0.560. The van der Waals surface area contributed by atoms with Gasteiger partial charge in [0.2, 0.25) is 5.91 Å². The zero-order valence-electron chi connectivity index (χ0n) is 18.1. The van der Waals surface area contributed by atoms with Gasteiger partial charge in [-0.1, -0.05) is 0 Å². The molecule has 2 aliphatic heterocycles. The fourth-order valence-electron chi connectivity index (χ4n) is 5.55. The van der Waals surface area contributed by atoms with E-state index in [-0.39, 0.29) is 29.6 Å². The summed E-state index contributed by atoms with van der Waals surface area (Å²) in [4.78, 5) is 36.7. The van der Waals surface area contributed by atoms with Crippen molar-refractivity contribution in [1.29, 1.82) is 0 Å². The summed E-state index contributed by atoms with van der Waals surface area (Å²) in [5.74, 6) is 0.796. The first-order chi connectivity index (χ1) is 15.6. The van der Waals surface area contributed by atoms with E-state index in [1.165, 1.54) is 29.9 Å². The van der Waals surface area contributed by atoms with Crippen molar-refractivity contribution in [3.8, 4) is 0 Å². The molecule has 1 atom stereocenters. The molecule has 2 aromatic rings. The third-order valence-electron chi connectivity index (χ3n) is 7.61. The third-order valence-corrected chi connectivity index (χ3v) is 8.52.